The van der Waals surface area contributed by atoms with Crippen LogP contribution in [0.4, 0.5) is 11.4 Å². The van der Waals surface area contributed by atoms with E-state index in [0.717, 1.165) is 19.3 Å². The van der Waals surface area contributed by atoms with Crippen LogP contribution in [-0.2, 0) is 10.0 Å². The average molecular weight is 432 g/mol. The molecule has 2 aromatic carbocycles. The maximum Gasteiger partial charge on any atom is 0.274 e. The maximum absolute atomic E-state index is 12.9. The monoisotopic (exact) mass is 431 g/mol. The number of anilines is 1. The number of nitrogens with zero attached hydrogens (tertiary/aromatic N) is 2. The molecule has 2 aromatic rings. The number of carbonyl (C=O) groups excluding carboxylic acids is 1. The molecule has 0 spiro atoms. The van der Waals surface area contributed by atoms with Crippen molar-refractivity contribution in [2.75, 3.05) is 11.9 Å². The Labute approximate surface area is 176 Å². The Bertz CT molecular complexity index is 1080. The molecular formula is C21H25N3O5S. The minimum absolute atomic E-state index is 0.0495. The van der Waals surface area contributed by atoms with E-state index in [2.05, 4.69) is 5.32 Å². The number of sulfonamides is 1. The van der Waals surface area contributed by atoms with Gasteiger partial charge in [-0.2, -0.15) is 4.31 Å². The zero-order valence-corrected chi connectivity index (χ0v) is 18.0. The topological polar surface area (TPSA) is 110 Å². The summed E-state index contributed by atoms with van der Waals surface area (Å²) in [4.78, 5) is 23.5. The van der Waals surface area contributed by atoms with E-state index in [1.165, 1.54) is 34.6 Å². The number of amides is 1. The van der Waals surface area contributed by atoms with Crippen molar-refractivity contribution in [2.24, 2.45) is 0 Å². The van der Waals surface area contributed by atoms with Gasteiger partial charge in [-0.25, -0.2) is 8.42 Å². The van der Waals surface area contributed by atoms with Crippen molar-refractivity contribution in [3.05, 3.63) is 63.2 Å². The van der Waals surface area contributed by atoms with Crippen LogP contribution in [0.25, 0.3) is 0 Å². The van der Waals surface area contributed by atoms with Gasteiger partial charge >= 0.3 is 0 Å². The van der Waals surface area contributed by atoms with Crippen LogP contribution in [0.15, 0.2) is 41.3 Å². The fourth-order valence-electron chi connectivity index (χ4n) is 3.75. The van der Waals surface area contributed by atoms with Gasteiger partial charge in [0.15, 0.2) is 0 Å². The molecule has 1 fully saturated rings. The molecule has 1 aliphatic heterocycles. The SMILES string of the molecule is Cc1ccc([N+](=O)[O-])c(C)c1NC(=O)c1ccc(S(=O)(=O)N2CCCC[C@@H]2C)cc1. The Hall–Kier alpha value is -2.78. The van der Waals surface area contributed by atoms with Gasteiger partial charge in [0.1, 0.15) is 0 Å². The number of piperidine rings is 1. The van der Waals surface area contributed by atoms with Crippen molar-refractivity contribution in [3.8, 4) is 0 Å². The lowest BCUT2D eigenvalue weighted by molar-refractivity contribution is -0.385. The number of nitro benzene ring substituents is 1. The van der Waals surface area contributed by atoms with Gasteiger partial charge in [0, 0.05) is 24.2 Å². The molecule has 0 aromatic heterocycles. The van der Waals surface area contributed by atoms with Crippen LogP contribution >= 0.6 is 0 Å². The van der Waals surface area contributed by atoms with Gasteiger partial charge in [0.2, 0.25) is 10.0 Å². The summed E-state index contributed by atoms with van der Waals surface area (Å²) >= 11 is 0. The highest BCUT2D eigenvalue weighted by molar-refractivity contribution is 7.89. The predicted molar refractivity (Wildman–Crippen MR) is 114 cm³/mol. The molecule has 3 rings (SSSR count). The van der Waals surface area contributed by atoms with Gasteiger partial charge in [-0.3, -0.25) is 14.9 Å². The van der Waals surface area contributed by atoms with E-state index in [0.29, 0.717) is 23.4 Å². The molecule has 0 aliphatic carbocycles. The molecule has 0 unspecified atom stereocenters. The van der Waals surface area contributed by atoms with E-state index < -0.39 is 20.9 Å². The van der Waals surface area contributed by atoms with Crippen LogP contribution in [0.2, 0.25) is 0 Å². The maximum atomic E-state index is 12.9. The lowest BCUT2D eigenvalue weighted by Crippen LogP contribution is -2.41. The van der Waals surface area contributed by atoms with Gasteiger partial charge in [-0.05, 0) is 63.4 Å². The zero-order chi connectivity index (χ0) is 22.1. The fourth-order valence-corrected chi connectivity index (χ4v) is 5.45. The van der Waals surface area contributed by atoms with Crippen molar-refractivity contribution in [1.29, 1.82) is 0 Å². The second kappa shape index (κ2) is 8.53. The number of nitrogens with one attached hydrogen (secondary N) is 1. The highest BCUT2D eigenvalue weighted by Gasteiger charge is 2.31. The first-order chi connectivity index (χ1) is 14.1. The summed E-state index contributed by atoms with van der Waals surface area (Å²) in [5, 5.41) is 13.9. The second-order valence-electron chi connectivity index (χ2n) is 7.60. The molecule has 0 radical (unpaired) electrons. The number of hydrogen-bond acceptors (Lipinski definition) is 5. The number of aryl methyl sites for hydroxylation is 1. The number of rotatable bonds is 5. The molecule has 0 bridgehead atoms. The third-order valence-electron chi connectivity index (χ3n) is 5.55. The lowest BCUT2D eigenvalue weighted by atomic mass is 10.1. The van der Waals surface area contributed by atoms with E-state index in [1.807, 2.05) is 6.92 Å². The number of carbonyl (C=O) groups is 1. The van der Waals surface area contributed by atoms with Gasteiger partial charge in [-0.1, -0.05) is 12.5 Å². The Kier molecular flexibility index (Phi) is 6.23. The first kappa shape index (κ1) is 21.9. The lowest BCUT2D eigenvalue weighted by Gasteiger charge is -2.32. The third kappa shape index (κ3) is 4.22. The molecule has 0 saturated carbocycles. The van der Waals surface area contributed by atoms with Crippen LogP contribution in [0.3, 0.4) is 0 Å². The smallest absolute Gasteiger partial charge is 0.274 e. The number of hydrogen-bond donors (Lipinski definition) is 1. The van der Waals surface area contributed by atoms with Crippen molar-refractivity contribution in [3.63, 3.8) is 0 Å². The highest BCUT2D eigenvalue weighted by Crippen LogP contribution is 2.29. The van der Waals surface area contributed by atoms with Crippen LogP contribution in [0.5, 0.6) is 0 Å². The summed E-state index contributed by atoms with van der Waals surface area (Å²) in [7, 11) is -3.61. The summed E-state index contributed by atoms with van der Waals surface area (Å²) in [5.41, 5.74) is 1.64. The summed E-state index contributed by atoms with van der Waals surface area (Å²) in [6.45, 7) is 5.73. The Morgan fingerprint density at radius 2 is 1.80 bits per heavy atom. The fraction of sp³-hybridized carbons (Fsp3) is 0.381. The van der Waals surface area contributed by atoms with Gasteiger partial charge in [0.05, 0.1) is 21.1 Å². The molecule has 1 heterocycles. The Balaban J connectivity index is 1.83. The minimum atomic E-state index is -3.61. The Morgan fingerprint density at radius 3 is 2.40 bits per heavy atom. The average Bonchev–Trinajstić information content (AvgIpc) is 2.71. The van der Waals surface area contributed by atoms with Crippen molar-refractivity contribution in [2.45, 2.75) is 51.0 Å². The summed E-state index contributed by atoms with van der Waals surface area (Å²) < 4.78 is 27.4. The first-order valence-corrected chi connectivity index (χ1v) is 11.2. The quantitative estimate of drug-likeness (QED) is 0.568. The van der Waals surface area contributed by atoms with E-state index >= 15 is 0 Å². The summed E-state index contributed by atoms with van der Waals surface area (Å²) in [6.07, 6.45) is 2.69. The third-order valence-corrected chi connectivity index (χ3v) is 7.57. The number of nitro groups is 1. The predicted octanol–water partition coefficient (Wildman–Crippen LogP) is 4.03. The standard InChI is InChI=1S/C21H25N3O5S/c1-14-7-12-19(24(26)27)16(3)20(14)22-21(25)17-8-10-18(11-9-17)30(28,29)23-13-5-4-6-15(23)2/h7-12,15H,4-6,13H2,1-3H3,(H,22,25)/t15-/m0/s1. The van der Waals surface area contributed by atoms with Crippen LogP contribution in [0, 0.1) is 24.0 Å². The molecule has 160 valence electrons. The van der Waals surface area contributed by atoms with Crippen LogP contribution in [0.1, 0.15) is 47.7 Å². The highest BCUT2D eigenvalue weighted by atomic mass is 32.2. The van der Waals surface area contributed by atoms with E-state index in [-0.39, 0.29) is 22.2 Å². The second-order valence-corrected chi connectivity index (χ2v) is 9.49. The van der Waals surface area contributed by atoms with Crippen molar-refractivity contribution in [1.82, 2.24) is 4.31 Å². The molecule has 1 aliphatic rings. The van der Waals surface area contributed by atoms with Crippen molar-refractivity contribution >= 4 is 27.3 Å². The van der Waals surface area contributed by atoms with Crippen molar-refractivity contribution < 1.29 is 18.1 Å². The molecule has 30 heavy (non-hydrogen) atoms. The normalized spacial score (nSPS) is 17.5. The van der Waals surface area contributed by atoms with Crippen LogP contribution < -0.4 is 5.32 Å². The van der Waals surface area contributed by atoms with Gasteiger partial charge < -0.3 is 5.32 Å². The van der Waals surface area contributed by atoms with Gasteiger partial charge in [-0.15, -0.1) is 0 Å². The molecule has 1 amide bonds. The van der Waals surface area contributed by atoms with Crippen LogP contribution in [-0.4, -0.2) is 36.1 Å². The molecule has 9 heteroatoms. The van der Waals surface area contributed by atoms with E-state index in [9.17, 15) is 23.3 Å². The van der Waals surface area contributed by atoms with E-state index in [4.69, 9.17) is 0 Å². The molecule has 1 N–H and O–H groups in total. The first-order valence-electron chi connectivity index (χ1n) is 9.80. The molecule has 1 saturated heterocycles. The molecular weight excluding hydrogens is 406 g/mol. The molecule has 1 atom stereocenters. The number of benzene rings is 2. The zero-order valence-electron chi connectivity index (χ0n) is 17.2. The summed E-state index contributed by atoms with van der Waals surface area (Å²) in [5.74, 6) is -0.461. The summed E-state index contributed by atoms with van der Waals surface area (Å²) in [6, 6.07) is 8.71. The van der Waals surface area contributed by atoms with Gasteiger partial charge in [0.25, 0.3) is 11.6 Å². The van der Waals surface area contributed by atoms with E-state index in [1.54, 1.807) is 19.9 Å². The minimum Gasteiger partial charge on any atom is -0.321 e. The molecule has 8 nitrogen and oxygen atoms in total. The Morgan fingerprint density at radius 1 is 1.13 bits per heavy atom. The largest absolute Gasteiger partial charge is 0.321 e.